The predicted octanol–water partition coefficient (Wildman–Crippen LogP) is 2.92. The van der Waals surface area contributed by atoms with Crippen LogP contribution >= 0.6 is 0 Å². The first-order chi connectivity index (χ1) is 13.5. The van der Waals surface area contributed by atoms with Gasteiger partial charge in [-0.05, 0) is 49.1 Å². The van der Waals surface area contributed by atoms with Gasteiger partial charge < -0.3 is 9.57 Å². The highest BCUT2D eigenvalue weighted by atomic mass is 19.1. The van der Waals surface area contributed by atoms with E-state index in [1.54, 1.807) is 24.3 Å². The first-order valence-electron chi connectivity index (χ1n) is 9.03. The Balaban J connectivity index is 1.59. The van der Waals surface area contributed by atoms with Crippen LogP contribution in [0, 0.1) is 11.2 Å². The van der Waals surface area contributed by atoms with Crippen molar-refractivity contribution in [2.24, 2.45) is 5.41 Å². The molecule has 0 bridgehead atoms. The van der Waals surface area contributed by atoms with Gasteiger partial charge in [0, 0.05) is 13.2 Å². The quantitative estimate of drug-likeness (QED) is 0.759. The number of fused-ring (bicyclic) bond motifs is 1. The molecule has 0 unspecified atom stereocenters. The molecule has 2 aromatic carbocycles. The van der Waals surface area contributed by atoms with Gasteiger partial charge in [-0.3, -0.25) is 9.59 Å². The van der Waals surface area contributed by atoms with Crippen LogP contribution in [0.2, 0.25) is 0 Å². The molecule has 1 fully saturated rings. The van der Waals surface area contributed by atoms with E-state index < -0.39 is 29.0 Å². The summed E-state index contributed by atoms with van der Waals surface area (Å²) in [6.07, 6.45) is 0.938. The molecule has 0 spiro atoms. The largest absolute Gasteiger partial charge is 0.381 e. The Hall–Kier alpha value is -3.06. The molecule has 2 aliphatic rings. The second-order valence-corrected chi connectivity index (χ2v) is 7.03. The summed E-state index contributed by atoms with van der Waals surface area (Å²) < 4.78 is 19.0. The highest BCUT2D eigenvalue weighted by Gasteiger charge is 2.46. The summed E-state index contributed by atoms with van der Waals surface area (Å²) in [5, 5.41) is 0.524. The fourth-order valence-electron chi connectivity index (χ4n) is 3.68. The highest BCUT2D eigenvalue weighted by Crippen LogP contribution is 2.37. The maximum atomic E-state index is 13.6. The molecule has 0 saturated carbocycles. The highest BCUT2D eigenvalue weighted by molar-refractivity contribution is 6.20. The molecule has 0 aromatic heterocycles. The summed E-state index contributed by atoms with van der Waals surface area (Å²) in [5.41, 5.74) is 0.0422. The van der Waals surface area contributed by atoms with Crippen molar-refractivity contribution < 1.29 is 28.3 Å². The first kappa shape index (κ1) is 18.3. The monoisotopic (exact) mass is 383 g/mol. The zero-order valence-electron chi connectivity index (χ0n) is 15.0. The van der Waals surface area contributed by atoms with E-state index in [0.29, 0.717) is 36.7 Å². The van der Waals surface area contributed by atoms with Crippen molar-refractivity contribution in [1.82, 2.24) is 5.06 Å². The molecule has 7 heteroatoms. The van der Waals surface area contributed by atoms with E-state index in [9.17, 15) is 18.8 Å². The first-order valence-corrected chi connectivity index (χ1v) is 9.03. The van der Waals surface area contributed by atoms with Gasteiger partial charge in [-0.25, -0.2) is 9.18 Å². The number of carbonyl (C=O) groups excluding carboxylic acids is 3. The molecule has 4 rings (SSSR count). The Morgan fingerprint density at radius 1 is 1.04 bits per heavy atom. The number of amides is 2. The molecule has 28 heavy (non-hydrogen) atoms. The number of ether oxygens (including phenoxy) is 1. The third kappa shape index (κ3) is 3.18. The van der Waals surface area contributed by atoms with E-state index in [1.807, 2.05) is 0 Å². The zero-order valence-corrected chi connectivity index (χ0v) is 15.0. The molecule has 0 radical (unpaired) electrons. The summed E-state index contributed by atoms with van der Waals surface area (Å²) in [6, 6.07) is 12.3. The van der Waals surface area contributed by atoms with Crippen molar-refractivity contribution in [3.63, 3.8) is 0 Å². The number of hydrogen-bond donors (Lipinski definition) is 0. The van der Waals surface area contributed by atoms with E-state index in [4.69, 9.17) is 9.57 Å². The Kier molecular flexibility index (Phi) is 4.68. The Morgan fingerprint density at radius 2 is 1.68 bits per heavy atom. The fraction of sp³-hybridized carbons (Fsp3) is 0.286. The molecule has 2 heterocycles. The molecule has 0 atom stereocenters. The Labute approximate surface area is 160 Å². The minimum atomic E-state index is -0.999. The van der Waals surface area contributed by atoms with Crippen LogP contribution in [0.1, 0.15) is 39.1 Å². The molecule has 2 aromatic rings. The summed E-state index contributed by atoms with van der Waals surface area (Å²) in [6.45, 7) is 0.680. The van der Waals surface area contributed by atoms with Crippen molar-refractivity contribution in [1.29, 1.82) is 0 Å². The second-order valence-electron chi connectivity index (χ2n) is 7.03. The van der Waals surface area contributed by atoms with Crippen molar-refractivity contribution in [2.75, 3.05) is 13.2 Å². The van der Waals surface area contributed by atoms with E-state index in [1.165, 1.54) is 24.3 Å². The third-order valence-corrected chi connectivity index (χ3v) is 5.25. The van der Waals surface area contributed by atoms with E-state index in [-0.39, 0.29) is 17.5 Å². The van der Waals surface area contributed by atoms with Crippen molar-refractivity contribution in [3.8, 4) is 0 Å². The Bertz CT molecular complexity index is 916. The summed E-state index contributed by atoms with van der Waals surface area (Å²) in [5.74, 6) is -2.41. The summed E-state index contributed by atoms with van der Waals surface area (Å²) >= 11 is 0. The lowest BCUT2D eigenvalue weighted by atomic mass is 9.75. The SMILES string of the molecule is O=C1c2ccccc2C(=O)N1OC(=O)C1(Cc2cccc(F)c2)CCOCC1. The van der Waals surface area contributed by atoms with Gasteiger partial charge in [0.1, 0.15) is 5.82 Å². The minimum Gasteiger partial charge on any atom is -0.381 e. The number of nitrogens with zero attached hydrogens (tertiary/aromatic N) is 1. The van der Waals surface area contributed by atoms with Crippen LogP contribution in [-0.2, 0) is 20.8 Å². The molecular formula is C21H18FNO5. The lowest BCUT2D eigenvalue weighted by molar-refractivity contribution is -0.186. The number of hydroxylamine groups is 2. The van der Waals surface area contributed by atoms with E-state index in [2.05, 4.69) is 0 Å². The maximum Gasteiger partial charge on any atom is 0.339 e. The van der Waals surface area contributed by atoms with Gasteiger partial charge in [0.25, 0.3) is 11.8 Å². The fourth-order valence-corrected chi connectivity index (χ4v) is 3.68. The second kappa shape index (κ2) is 7.16. The number of hydrogen-bond acceptors (Lipinski definition) is 5. The van der Waals surface area contributed by atoms with Gasteiger partial charge >= 0.3 is 5.97 Å². The van der Waals surface area contributed by atoms with E-state index in [0.717, 1.165) is 0 Å². The normalized spacial score (nSPS) is 18.1. The van der Waals surface area contributed by atoms with Crippen molar-refractivity contribution in [3.05, 3.63) is 71.0 Å². The maximum absolute atomic E-state index is 13.6. The molecular weight excluding hydrogens is 365 g/mol. The van der Waals surface area contributed by atoms with Crippen LogP contribution in [0.3, 0.4) is 0 Å². The number of rotatable bonds is 4. The van der Waals surface area contributed by atoms with Crippen LogP contribution in [-0.4, -0.2) is 36.1 Å². The van der Waals surface area contributed by atoms with Gasteiger partial charge in [0.05, 0.1) is 16.5 Å². The van der Waals surface area contributed by atoms with Gasteiger partial charge in [-0.1, -0.05) is 29.3 Å². The summed E-state index contributed by atoms with van der Waals surface area (Å²) in [7, 11) is 0. The van der Waals surface area contributed by atoms with Crippen LogP contribution < -0.4 is 0 Å². The molecule has 2 amide bonds. The Morgan fingerprint density at radius 3 is 2.29 bits per heavy atom. The average molecular weight is 383 g/mol. The topological polar surface area (TPSA) is 72.9 Å². The van der Waals surface area contributed by atoms with Crippen LogP contribution in [0.25, 0.3) is 0 Å². The zero-order chi connectivity index (χ0) is 19.7. The third-order valence-electron chi connectivity index (χ3n) is 5.25. The molecule has 144 valence electrons. The van der Waals surface area contributed by atoms with Gasteiger partial charge in [0.15, 0.2) is 0 Å². The van der Waals surface area contributed by atoms with Crippen LogP contribution in [0.4, 0.5) is 4.39 Å². The number of halogens is 1. The molecule has 2 aliphatic heterocycles. The average Bonchev–Trinajstić information content (AvgIpc) is 2.94. The smallest absolute Gasteiger partial charge is 0.339 e. The van der Waals surface area contributed by atoms with Gasteiger partial charge in [0.2, 0.25) is 0 Å². The molecule has 0 aliphatic carbocycles. The minimum absolute atomic E-state index is 0.200. The molecule has 1 saturated heterocycles. The number of benzene rings is 2. The van der Waals surface area contributed by atoms with Crippen LogP contribution in [0.15, 0.2) is 48.5 Å². The molecule has 6 nitrogen and oxygen atoms in total. The molecule has 0 N–H and O–H groups in total. The van der Waals surface area contributed by atoms with Crippen molar-refractivity contribution >= 4 is 17.8 Å². The standard InChI is InChI=1S/C21H18FNO5/c22-15-5-3-4-14(12-15)13-21(8-10-27-11-9-21)20(26)28-23-18(24)16-6-1-2-7-17(16)19(23)25/h1-7,12H,8-11,13H2. The van der Waals surface area contributed by atoms with E-state index >= 15 is 0 Å². The predicted molar refractivity (Wildman–Crippen MR) is 95.6 cm³/mol. The summed E-state index contributed by atoms with van der Waals surface area (Å²) in [4.78, 5) is 43.4. The number of imide groups is 1. The van der Waals surface area contributed by atoms with Crippen molar-refractivity contribution in [2.45, 2.75) is 19.3 Å². The van der Waals surface area contributed by atoms with Crippen LogP contribution in [0.5, 0.6) is 0 Å². The van der Waals surface area contributed by atoms with Gasteiger partial charge in [-0.2, -0.15) is 0 Å². The lowest BCUT2D eigenvalue weighted by Gasteiger charge is -2.35. The number of carbonyl (C=O) groups is 3. The lowest BCUT2D eigenvalue weighted by Crippen LogP contribution is -2.44. The van der Waals surface area contributed by atoms with Gasteiger partial charge in [-0.15, -0.1) is 0 Å².